The fourth-order valence-electron chi connectivity index (χ4n) is 3.69. The predicted octanol–water partition coefficient (Wildman–Crippen LogP) is 5.76. The van der Waals surface area contributed by atoms with Gasteiger partial charge in [-0.3, -0.25) is 0 Å². The lowest BCUT2D eigenvalue weighted by Crippen LogP contribution is -2.29. The molecule has 2 N–H and O–H groups in total. The van der Waals surface area contributed by atoms with Crippen LogP contribution in [0.3, 0.4) is 0 Å². The zero-order valence-corrected chi connectivity index (χ0v) is 17.4. The van der Waals surface area contributed by atoms with Crippen molar-refractivity contribution < 1.29 is 9.47 Å². The summed E-state index contributed by atoms with van der Waals surface area (Å²) in [6.45, 7) is 2.56. The molecule has 1 aromatic heterocycles. The minimum absolute atomic E-state index is 0.469. The second-order valence-corrected chi connectivity index (χ2v) is 7.88. The average molecular weight is 405 g/mol. The van der Waals surface area contributed by atoms with Crippen molar-refractivity contribution in [2.24, 2.45) is 0 Å². The van der Waals surface area contributed by atoms with Gasteiger partial charge in [0.2, 0.25) is 0 Å². The second kappa shape index (κ2) is 8.23. The zero-order chi connectivity index (χ0) is 20.3. The van der Waals surface area contributed by atoms with Crippen LogP contribution >= 0.6 is 11.3 Å². The summed E-state index contributed by atoms with van der Waals surface area (Å²) in [4.78, 5) is 4.50. The Bertz CT molecular complexity index is 1110. The number of rotatable bonds is 7. The molecule has 0 fully saturated rings. The average Bonchev–Trinajstić information content (AvgIpc) is 3.28. The first kappa shape index (κ1) is 19.4. The molecule has 1 unspecified atom stereocenters. The van der Waals surface area contributed by atoms with Crippen molar-refractivity contribution >= 4 is 27.8 Å². The molecule has 0 saturated carbocycles. The van der Waals surface area contributed by atoms with Gasteiger partial charge in [0.1, 0.15) is 23.0 Å². The Hall–Kier alpha value is -2.89. The molecule has 5 heteroatoms. The molecule has 4 aromatic rings. The highest BCUT2D eigenvalue weighted by Crippen LogP contribution is 2.40. The number of anilines is 1. The first-order valence-corrected chi connectivity index (χ1v) is 10.5. The van der Waals surface area contributed by atoms with Crippen LogP contribution in [0.5, 0.6) is 5.75 Å². The highest BCUT2D eigenvalue weighted by Gasteiger charge is 2.35. The number of aromatic nitrogens is 1. The van der Waals surface area contributed by atoms with E-state index in [4.69, 9.17) is 15.2 Å². The van der Waals surface area contributed by atoms with Crippen LogP contribution in [0.1, 0.15) is 29.5 Å². The van der Waals surface area contributed by atoms with Crippen LogP contribution in [0.2, 0.25) is 0 Å². The first-order valence-electron chi connectivity index (χ1n) is 9.61. The molecule has 0 saturated heterocycles. The van der Waals surface area contributed by atoms with Crippen LogP contribution in [-0.4, -0.2) is 12.1 Å². The summed E-state index contributed by atoms with van der Waals surface area (Å²) in [7, 11) is 1.71. The maximum atomic E-state index is 6.21. The second-order valence-electron chi connectivity index (χ2n) is 6.98. The zero-order valence-electron chi connectivity index (χ0n) is 16.6. The number of fused-ring (bicyclic) bond motifs is 1. The summed E-state index contributed by atoms with van der Waals surface area (Å²) < 4.78 is 12.1. The van der Waals surface area contributed by atoms with E-state index in [1.165, 1.54) is 10.8 Å². The van der Waals surface area contributed by atoms with Gasteiger partial charge in [-0.1, -0.05) is 43.3 Å². The van der Waals surface area contributed by atoms with Gasteiger partial charge in [0.25, 0.3) is 0 Å². The lowest BCUT2D eigenvalue weighted by molar-refractivity contribution is 0.0183. The fourth-order valence-corrected chi connectivity index (χ4v) is 4.59. The number of nitrogens with two attached hydrogens (primary N) is 1. The molecule has 4 nitrogen and oxygen atoms in total. The number of hydrogen-bond donors (Lipinski definition) is 1. The third kappa shape index (κ3) is 3.84. The van der Waals surface area contributed by atoms with Crippen LogP contribution in [-0.2, 0) is 16.9 Å². The summed E-state index contributed by atoms with van der Waals surface area (Å²) in [5, 5.41) is 5.30. The van der Waals surface area contributed by atoms with Crippen molar-refractivity contribution in [1.29, 1.82) is 0 Å². The summed E-state index contributed by atoms with van der Waals surface area (Å²) in [6, 6.07) is 20.5. The molecular formula is C24H24N2O2S. The third-order valence-electron chi connectivity index (χ3n) is 5.24. The smallest absolute Gasteiger partial charge is 0.144 e. The van der Waals surface area contributed by atoms with E-state index >= 15 is 0 Å². The van der Waals surface area contributed by atoms with Gasteiger partial charge in [-0.05, 0) is 46.5 Å². The standard InChI is InChI=1S/C24H24N2O2S/c1-3-24(27-2,23-26-10-11-29-23)20-13-21(25)15-22(14-20)28-16-17-8-9-18-6-4-5-7-19(18)12-17/h4-15H,3,16,25H2,1-2H3. The van der Waals surface area contributed by atoms with Crippen LogP contribution in [0.4, 0.5) is 5.69 Å². The summed E-state index contributed by atoms with van der Waals surface area (Å²) in [6.07, 6.45) is 2.54. The number of thiazole rings is 1. The van der Waals surface area contributed by atoms with Gasteiger partial charge in [-0.25, -0.2) is 4.98 Å². The maximum absolute atomic E-state index is 6.21. The Morgan fingerprint density at radius 1 is 1.03 bits per heavy atom. The lowest BCUT2D eigenvalue weighted by atomic mass is 9.90. The molecule has 1 heterocycles. The molecule has 4 rings (SSSR count). The third-order valence-corrected chi connectivity index (χ3v) is 6.15. The van der Waals surface area contributed by atoms with Crippen LogP contribution in [0.25, 0.3) is 10.8 Å². The number of benzene rings is 3. The molecule has 0 bridgehead atoms. The van der Waals surface area contributed by atoms with E-state index in [9.17, 15) is 0 Å². The quantitative estimate of drug-likeness (QED) is 0.398. The van der Waals surface area contributed by atoms with Crippen molar-refractivity contribution in [2.75, 3.05) is 12.8 Å². The van der Waals surface area contributed by atoms with Crippen LogP contribution in [0.15, 0.2) is 72.2 Å². The highest BCUT2D eigenvalue weighted by molar-refractivity contribution is 7.09. The molecule has 0 spiro atoms. The first-order chi connectivity index (χ1) is 14.1. The van der Waals surface area contributed by atoms with Crippen molar-refractivity contribution in [2.45, 2.75) is 25.6 Å². The monoisotopic (exact) mass is 404 g/mol. The molecule has 3 aromatic carbocycles. The van der Waals surface area contributed by atoms with Gasteiger partial charge in [0.05, 0.1) is 0 Å². The van der Waals surface area contributed by atoms with Gasteiger partial charge in [-0.2, -0.15) is 0 Å². The normalized spacial score (nSPS) is 13.3. The van der Waals surface area contributed by atoms with Crippen molar-refractivity contribution in [3.63, 3.8) is 0 Å². The molecule has 0 aliphatic rings. The van der Waals surface area contributed by atoms with Crippen molar-refractivity contribution in [3.05, 3.63) is 88.4 Å². The van der Waals surface area contributed by atoms with Crippen LogP contribution in [0, 0.1) is 0 Å². The molecule has 1 atom stereocenters. The SMILES string of the molecule is CCC(OC)(c1cc(N)cc(OCc2ccc3ccccc3c2)c1)c1nccs1. The van der Waals surface area contributed by atoms with Crippen molar-refractivity contribution in [3.8, 4) is 5.75 Å². The summed E-state index contributed by atoms with van der Waals surface area (Å²) in [5.74, 6) is 0.722. The van der Waals surface area contributed by atoms with Gasteiger partial charge in [0.15, 0.2) is 0 Å². The molecular weight excluding hydrogens is 380 g/mol. The predicted molar refractivity (Wildman–Crippen MR) is 119 cm³/mol. The fraction of sp³-hybridized carbons (Fsp3) is 0.208. The summed E-state index contributed by atoms with van der Waals surface area (Å²) in [5.41, 5.74) is 8.28. The Balaban J connectivity index is 1.62. The number of ether oxygens (including phenoxy) is 2. The summed E-state index contributed by atoms with van der Waals surface area (Å²) >= 11 is 1.58. The maximum Gasteiger partial charge on any atom is 0.144 e. The van der Waals surface area contributed by atoms with E-state index in [-0.39, 0.29) is 0 Å². The Kier molecular flexibility index (Phi) is 5.51. The van der Waals surface area contributed by atoms with E-state index in [0.29, 0.717) is 12.3 Å². The van der Waals surface area contributed by atoms with E-state index in [1.54, 1.807) is 24.6 Å². The van der Waals surface area contributed by atoms with E-state index in [0.717, 1.165) is 28.3 Å². The Morgan fingerprint density at radius 3 is 2.59 bits per heavy atom. The van der Waals surface area contributed by atoms with Gasteiger partial charge in [-0.15, -0.1) is 11.3 Å². The largest absolute Gasteiger partial charge is 0.489 e. The Morgan fingerprint density at radius 2 is 1.86 bits per heavy atom. The number of nitrogen functional groups attached to an aromatic ring is 1. The molecule has 0 aliphatic heterocycles. The lowest BCUT2D eigenvalue weighted by Gasteiger charge is -2.30. The Labute approximate surface area is 174 Å². The van der Waals surface area contributed by atoms with Crippen molar-refractivity contribution in [1.82, 2.24) is 4.98 Å². The molecule has 0 radical (unpaired) electrons. The minimum Gasteiger partial charge on any atom is -0.489 e. The van der Waals surface area contributed by atoms with Crippen LogP contribution < -0.4 is 10.5 Å². The van der Waals surface area contributed by atoms with Gasteiger partial charge in [0, 0.05) is 30.4 Å². The highest BCUT2D eigenvalue weighted by atomic mass is 32.1. The molecule has 0 aliphatic carbocycles. The number of hydrogen-bond acceptors (Lipinski definition) is 5. The van der Waals surface area contributed by atoms with Gasteiger partial charge < -0.3 is 15.2 Å². The minimum atomic E-state index is -0.634. The topological polar surface area (TPSA) is 57.4 Å². The molecule has 29 heavy (non-hydrogen) atoms. The van der Waals surface area contributed by atoms with E-state index in [2.05, 4.69) is 42.2 Å². The number of methoxy groups -OCH3 is 1. The van der Waals surface area contributed by atoms with E-state index < -0.39 is 5.60 Å². The van der Waals surface area contributed by atoms with Gasteiger partial charge >= 0.3 is 0 Å². The molecule has 148 valence electrons. The van der Waals surface area contributed by atoms with E-state index in [1.807, 2.05) is 35.7 Å². The molecule has 0 amide bonds. The number of nitrogens with zero attached hydrogens (tertiary/aromatic N) is 1.